The molecule has 0 spiro atoms. The molecular formula is C13H20F2IN3. The van der Waals surface area contributed by atoms with Gasteiger partial charge in [-0.25, -0.2) is 8.78 Å². The van der Waals surface area contributed by atoms with Gasteiger partial charge in [-0.2, -0.15) is 0 Å². The van der Waals surface area contributed by atoms with Gasteiger partial charge in [0.15, 0.2) is 5.96 Å². The molecule has 0 aromatic heterocycles. The van der Waals surface area contributed by atoms with Crippen molar-refractivity contribution in [2.75, 3.05) is 13.1 Å². The topological polar surface area (TPSA) is 50.4 Å². The molecule has 0 fully saturated rings. The largest absolute Gasteiger partial charge is 0.370 e. The van der Waals surface area contributed by atoms with E-state index in [0.29, 0.717) is 19.0 Å². The van der Waals surface area contributed by atoms with Crippen LogP contribution in [0.1, 0.15) is 25.3 Å². The van der Waals surface area contributed by atoms with Crippen molar-refractivity contribution in [2.45, 2.75) is 26.2 Å². The quantitative estimate of drug-likeness (QED) is 0.344. The number of rotatable bonds is 6. The predicted octanol–water partition coefficient (Wildman–Crippen LogP) is 2.83. The number of hydrogen-bond donors (Lipinski definition) is 2. The lowest BCUT2D eigenvalue weighted by Crippen LogP contribution is -2.33. The van der Waals surface area contributed by atoms with Crippen molar-refractivity contribution in [1.82, 2.24) is 5.32 Å². The van der Waals surface area contributed by atoms with Gasteiger partial charge in [0, 0.05) is 18.7 Å². The molecule has 3 N–H and O–H groups in total. The van der Waals surface area contributed by atoms with E-state index in [1.165, 1.54) is 18.2 Å². The number of halogens is 3. The summed E-state index contributed by atoms with van der Waals surface area (Å²) in [5.74, 6) is -0.739. The van der Waals surface area contributed by atoms with Crippen LogP contribution in [0, 0.1) is 11.6 Å². The molecule has 0 amide bonds. The van der Waals surface area contributed by atoms with Crippen LogP contribution in [0.3, 0.4) is 0 Å². The summed E-state index contributed by atoms with van der Waals surface area (Å²) in [7, 11) is 0. The minimum absolute atomic E-state index is 0. The van der Waals surface area contributed by atoms with Crippen LogP contribution in [0.2, 0.25) is 0 Å². The van der Waals surface area contributed by atoms with E-state index < -0.39 is 11.6 Å². The number of nitrogens with zero attached hydrogens (tertiary/aromatic N) is 1. The van der Waals surface area contributed by atoms with Crippen LogP contribution >= 0.6 is 24.0 Å². The van der Waals surface area contributed by atoms with Gasteiger partial charge >= 0.3 is 0 Å². The lowest BCUT2D eigenvalue weighted by Gasteiger charge is -2.07. The van der Waals surface area contributed by atoms with E-state index in [-0.39, 0.29) is 36.0 Å². The first kappa shape index (κ1) is 18.1. The average Bonchev–Trinajstić information content (AvgIpc) is 2.33. The molecular weight excluding hydrogens is 363 g/mol. The van der Waals surface area contributed by atoms with Crippen molar-refractivity contribution in [3.05, 3.63) is 35.4 Å². The lowest BCUT2D eigenvalue weighted by molar-refractivity contribution is 0.553. The van der Waals surface area contributed by atoms with Gasteiger partial charge in [0.25, 0.3) is 0 Å². The van der Waals surface area contributed by atoms with E-state index in [4.69, 9.17) is 5.73 Å². The number of nitrogens with one attached hydrogen (secondary N) is 1. The van der Waals surface area contributed by atoms with E-state index in [9.17, 15) is 8.78 Å². The second-order valence-electron chi connectivity index (χ2n) is 4.00. The number of nitrogens with two attached hydrogens (primary N) is 1. The summed E-state index contributed by atoms with van der Waals surface area (Å²) >= 11 is 0. The molecule has 0 radical (unpaired) electrons. The summed E-state index contributed by atoms with van der Waals surface area (Å²) < 4.78 is 26.6. The van der Waals surface area contributed by atoms with E-state index >= 15 is 0 Å². The van der Waals surface area contributed by atoms with Gasteiger partial charge in [0.2, 0.25) is 0 Å². The van der Waals surface area contributed by atoms with Gasteiger partial charge in [-0.15, -0.1) is 24.0 Å². The van der Waals surface area contributed by atoms with Gasteiger partial charge < -0.3 is 11.1 Å². The first-order chi connectivity index (χ1) is 8.65. The van der Waals surface area contributed by atoms with Gasteiger partial charge in [-0.1, -0.05) is 19.4 Å². The maximum atomic E-state index is 13.3. The Morgan fingerprint density at radius 3 is 2.53 bits per heavy atom. The summed E-state index contributed by atoms with van der Waals surface area (Å²) in [6.07, 6.45) is 2.27. The molecule has 108 valence electrons. The Morgan fingerprint density at radius 1 is 1.32 bits per heavy atom. The van der Waals surface area contributed by atoms with Crippen molar-refractivity contribution in [2.24, 2.45) is 10.7 Å². The first-order valence-corrected chi connectivity index (χ1v) is 6.11. The summed E-state index contributed by atoms with van der Waals surface area (Å²) in [5.41, 5.74) is 5.68. The highest BCUT2D eigenvalue weighted by Gasteiger charge is 2.07. The molecule has 0 atom stereocenters. The van der Waals surface area contributed by atoms with Crippen LogP contribution in [0.25, 0.3) is 0 Å². The molecule has 0 aliphatic carbocycles. The molecule has 1 aromatic carbocycles. The molecule has 1 rings (SSSR count). The summed E-state index contributed by atoms with van der Waals surface area (Å²) in [5, 5.41) is 2.84. The second kappa shape index (κ2) is 9.94. The van der Waals surface area contributed by atoms with Crippen molar-refractivity contribution in [3.63, 3.8) is 0 Å². The van der Waals surface area contributed by atoms with Crippen molar-refractivity contribution in [3.8, 4) is 0 Å². The van der Waals surface area contributed by atoms with Crippen molar-refractivity contribution < 1.29 is 8.78 Å². The molecule has 0 aliphatic rings. The molecule has 6 heteroatoms. The smallest absolute Gasteiger partial charge is 0.188 e. The highest BCUT2D eigenvalue weighted by molar-refractivity contribution is 14.0. The number of unbranched alkanes of at least 4 members (excludes halogenated alkanes) is 1. The Balaban J connectivity index is 0.00000324. The summed E-state index contributed by atoms with van der Waals surface area (Å²) in [6, 6.07) is 3.84. The fourth-order valence-electron chi connectivity index (χ4n) is 1.50. The molecule has 0 saturated heterocycles. The highest BCUT2D eigenvalue weighted by atomic mass is 127. The molecule has 19 heavy (non-hydrogen) atoms. The zero-order valence-corrected chi connectivity index (χ0v) is 13.3. The molecule has 3 nitrogen and oxygen atoms in total. The van der Waals surface area contributed by atoms with Crippen LogP contribution in [-0.2, 0) is 6.42 Å². The highest BCUT2D eigenvalue weighted by Crippen LogP contribution is 2.11. The van der Waals surface area contributed by atoms with Crippen molar-refractivity contribution in [1.29, 1.82) is 0 Å². The maximum Gasteiger partial charge on any atom is 0.188 e. The third kappa shape index (κ3) is 6.70. The number of guanidine groups is 1. The third-order valence-electron chi connectivity index (χ3n) is 2.54. The van der Waals surface area contributed by atoms with Gasteiger partial charge in [0.05, 0.1) is 0 Å². The molecule has 1 aromatic rings. The minimum Gasteiger partial charge on any atom is -0.370 e. The monoisotopic (exact) mass is 383 g/mol. The van der Waals surface area contributed by atoms with Crippen molar-refractivity contribution >= 4 is 29.9 Å². The molecule has 0 bridgehead atoms. The van der Waals surface area contributed by atoms with E-state index in [0.717, 1.165) is 12.8 Å². The van der Waals surface area contributed by atoms with Crippen LogP contribution in [-0.4, -0.2) is 19.0 Å². The number of aliphatic imine (C=N–C) groups is 1. The number of benzene rings is 1. The van der Waals surface area contributed by atoms with E-state index in [1.54, 1.807) is 0 Å². The van der Waals surface area contributed by atoms with E-state index in [1.807, 2.05) is 0 Å². The third-order valence-corrected chi connectivity index (χ3v) is 2.54. The fourth-order valence-corrected chi connectivity index (χ4v) is 1.50. The number of hydrogen-bond acceptors (Lipinski definition) is 1. The van der Waals surface area contributed by atoms with Crippen LogP contribution in [0.5, 0.6) is 0 Å². The first-order valence-electron chi connectivity index (χ1n) is 6.11. The Bertz CT molecular complexity index is 391. The van der Waals surface area contributed by atoms with E-state index in [2.05, 4.69) is 17.2 Å². The molecule has 0 aliphatic heterocycles. The SMILES string of the molecule is CCCCN=C(N)NCCc1c(F)cccc1F.I. The van der Waals surface area contributed by atoms with Gasteiger partial charge in [-0.05, 0) is 25.0 Å². The van der Waals surface area contributed by atoms with Gasteiger partial charge in [0.1, 0.15) is 11.6 Å². The van der Waals surface area contributed by atoms with Crippen LogP contribution in [0.4, 0.5) is 8.78 Å². The zero-order valence-electron chi connectivity index (χ0n) is 11.0. The van der Waals surface area contributed by atoms with Crippen LogP contribution in [0.15, 0.2) is 23.2 Å². The zero-order chi connectivity index (χ0) is 13.4. The standard InChI is InChI=1S/C13H19F2N3.HI/c1-2-3-8-17-13(16)18-9-7-10-11(14)5-4-6-12(10)15;/h4-6H,2-3,7-9H2,1H3,(H3,16,17,18);1H. The average molecular weight is 383 g/mol. The predicted molar refractivity (Wildman–Crippen MR) is 84.9 cm³/mol. The van der Waals surface area contributed by atoms with Crippen LogP contribution < -0.4 is 11.1 Å². The Labute approximate surface area is 129 Å². The molecule has 0 heterocycles. The lowest BCUT2D eigenvalue weighted by atomic mass is 10.1. The summed E-state index contributed by atoms with van der Waals surface area (Å²) in [6.45, 7) is 3.10. The Morgan fingerprint density at radius 2 is 1.95 bits per heavy atom. The molecule has 0 saturated carbocycles. The minimum atomic E-state index is -0.529. The Hall–Kier alpha value is -0.920. The molecule has 0 unspecified atom stereocenters. The maximum absolute atomic E-state index is 13.3. The normalized spacial score (nSPS) is 11.0. The fraction of sp³-hybridized carbons (Fsp3) is 0.462. The van der Waals surface area contributed by atoms with Gasteiger partial charge in [-0.3, -0.25) is 4.99 Å². The second-order valence-corrected chi connectivity index (χ2v) is 4.00. The summed E-state index contributed by atoms with van der Waals surface area (Å²) in [4.78, 5) is 4.09. The Kier molecular flexibility index (Phi) is 9.46.